The second kappa shape index (κ2) is 5.82. The van der Waals surface area contributed by atoms with Gasteiger partial charge in [-0.05, 0) is 37.0 Å². The van der Waals surface area contributed by atoms with Gasteiger partial charge in [0.2, 0.25) is 5.88 Å². The minimum Gasteiger partial charge on any atom is -0.481 e. The topological polar surface area (TPSA) is 60.2 Å². The van der Waals surface area contributed by atoms with Crippen LogP contribution in [0.3, 0.4) is 0 Å². The predicted molar refractivity (Wildman–Crippen MR) is 86.9 cm³/mol. The number of benzene rings is 1. The SMILES string of the molecule is COc1ncccc1-c1ccc(NCC2CC2)c(N)c1Cl. The van der Waals surface area contributed by atoms with E-state index in [2.05, 4.69) is 10.3 Å². The summed E-state index contributed by atoms with van der Waals surface area (Å²) < 4.78 is 5.29. The normalized spacial score (nSPS) is 14.0. The maximum atomic E-state index is 6.44. The van der Waals surface area contributed by atoms with Gasteiger partial charge in [-0.3, -0.25) is 0 Å². The molecule has 0 atom stereocenters. The fourth-order valence-electron chi connectivity index (χ4n) is 2.29. The number of hydrogen-bond acceptors (Lipinski definition) is 4. The summed E-state index contributed by atoms with van der Waals surface area (Å²) >= 11 is 6.44. The molecule has 21 heavy (non-hydrogen) atoms. The standard InChI is InChI=1S/C16H18ClN3O/c1-21-16-12(3-2-8-19-16)11-6-7-13(15(18)14(11)17)20-9-10-4-5-10/h2-3,6-8,10,20H,4-5,9,18H2,1H3. The van der Waals surface area contributed by atoms with E-state index < -0.39 is 0 Å². The first-order valence-corrected chi connectivity index (χ1v) is 7.39. The molecule has 0 radical (unpaired) electrons. The summed E-state index contributed by atoms with van der Waals surface area (Å²) in [5, 5.41) is 3.90. The maximum absolute atomic E-state index is 6.44. The molecule has 1 aliphatic carbocycles. The Morgan fingerprint density at radius 2 is 2.14 bits per heavy atom. The van der Waals surface area contributed by atoms with Gasteiger partial charge < -0.3 is 15.8 Å². The van der Waals surface area contributed by atoms with Crippen LogP contribution in [-0.4, -0.2) is 18.6 Å². The number of rotatable bonds is 5. The van der Waals surface area contributed by atoms with Crippen molar-refractivity contribution in [3.05, 3.63) is 35.5 Å². The highest BCUT2D eigenvalue weighted by Gasteiger charge is 2.21. The third-order valence-corrected chi connectivity index (χ3v) is 4.12. The number of halogens is 1. The zero-order valence-corrected chi connectivity index (χ0v) is 12.7. The first kappa shape index (κ1) is 14.0. The van der Waals surface area contributed by atoms with Gasteiger partial charge in [0.1, 0.15) is 0 Å². The Hall–Kier alpha value is -1.94. The smallest absolute Gasteiger partial charge is 0.221 e. The van der Waals surface area contributed by atoms with Gasteiger partial charge in [-0.25, -0.2) is 4.98 Å². The molecule has 4 nitrogen and oxygen atoms in total. The van der Waals surface area contributed by atoms with Gasteiger partial charge in [0.15, 0.2) is 0 Å². The van der Waals surface area contributed by atoms with Gasteiger partial charge in [-0.2, -0.15) is 0 Å². The largest absolute Gasteiger partial charge is 0.481 e. The summed E-state index contributed by atoms with van der Waals surface area (Å²) in [6.07, 6.45) is 4.28. The number of methoxy groups -OCH3 is 1. The number of ether oxygens (including phenoxy) is 1. The molecule has 110 valence electrons. The highest BCUT2D eigenvalue weighted by atomic mass is 35.5. The van der Waals surface area contributed by atoms with Crippen molar-refractivity contribution in [2.75, 3.05) is 24.7 Å². The molecular formula is C16H18ClN3O. The number of nitrogens with zero attached hydrogens (tertiary/aromatic N) is 1. The van der Waals surface area contributed by atoms with Crippen LogP contribution in [0.15, 0.2) is 30.5 Å². The van der Waals surface area contributed by atoms with E-state index in [1.165, 1.54) is 12.8 Å². The van der Waals surface area contributed by atoms with Gasteiger partial charge in [-0.1, -0.05) is 17.7 Å². The van der Waals surface area contributed by atoms with Crippen molar-refractivity contribution in [3.63, 3.8) is 0 Å². The Bertz CT molecular complexity index is 656. The Kier molecular flexibility index (Phi) is 3.88. The van der Waals surface area contributed by atoms with E-state index in [4.69, 9.17) is 22.1 Å². The zero-order chi connectivity index (χ0) is 14.8. The first-order chi connectivity index (χ1) is 10.2. The number of nitrogen functional groups attached to an aromatic ring is 1. The molecule has 1 saturated carbocycles. The molecule has 1 heterocycles. The molecule has 0 unspecified atom stereocenters. The maximum Gasteiger partial charge on any atom is 0.221 e. The van der Waals surface area contributed by atoms with E-state index in [9.17, 15) is 0 Å². The highest BCUT2D eigenvalue weighted by molar-refractivity contribution is 6.36. The summed E-state index contributed by atoms with van der Waals surface area (Å²) in [5.41, 5.74) is 9.29. The third-order valence-electron chi connectivity index (χ3n) is 3.71. The molecule has 0 bridgehead atoms. The molecule has 0 amide bonds. The Balaban J connectivity index is 1.94. The molecule has 0 saturated heterocycles. The molecule has 1 aliphatic rings. The summed E-state index contributed by atoms with van der Waals surface area (Å²) in [5.74, 6) is 1.32. The van der Waals surface area contributed by atoms with Crippen molar-refractivity contribution in [1.29, 1.82) is 0 Å². The van der Waals surface area contributed by atoms with Crippen LogP contribution < -0.4 is 15.8 Å². The predicted octanol–water partition coefficient (Wildman–Crippen LogP) is 3.81. The van der Waals surface area contributed by atoms with Crippen LogP contribution in [-0.2, 0) is 0 Å². The van der Waals surface area contributed by atoms with Gasteiger partial charge in [-0.15, -0.1) is 0 Å². The molecular weight excluding hydrogens is 286 g/mol. The number of hydrogen-bond donors (Lipinski definition) is 2. The molecule has 3 rings (SSSR count). The molecule has 1 aromatic heterocycles. The van der Waals surface area contributed by atoms with Crippen LogP contribution in [0.1, 0.15) is 12.8 Å². The zero-order valence-electron chi connectivity index (χ0n) is 11.9. The molecule has 2 aromatic rings. The second-order valence-electron chi connectivity index (χ2n) is 5.27. The lowest BCUT2D eigenvalue weighted by Crippen LogP contribution is -2.06. The van der Waals surface area contributed by atoms with Crippen LogP contribution >= 0.6 is 11.6 Å². The van der Waals surface area contributed by atoms with Crippen molar-refractivity contribution in [2.45, 2.75) is 12.8 Å². The van der Waals surface area contributed by atoms with Gasteiger partial charge in [0, 0.05) is 23.9 Å². The lowest BCUT2D eigenvalue weighted by Gasteiger charge is -2.14. The highest BCUT2D eigenvalue weighted by Crippen LogP contribution is 2.40. The van der Waals surface area contributed by atoms with E-state index in [-0.39, 0.29) is 0 Å². The number of pyridine rings is 1. The van der Waals surface area contributed by atoms with E-state index in [0.29, 0.717) is 16.6 Å². The average Bonchev–Trinajstić information content (AvgIpc) is 3.33. The van der Waals surface area contributed by atoms with Crippen LogP contribution in [0.5, 0.6) is 5.88 Å². The van der Waals surface area contributed by atoms with Crippen LogP contribution in [0, 0.1) is 5.92 Å². The lowest BCUT2D eigenvalue weighted by molar-refractivity contribution is 0.399. The van der Waals surface area contributed by atoms with E-state index in [0.717, 1.165) is 29.3 Å². The number of nitrogens with two attached hydrogens (primary N) is 1. The first-order valence-electron chi connectivity index (χ1n) is 7.02. The number of anilines is 2. The van der Waals surface area contributed by atoms with Crippen LogP contribution in [0.4, 0.5) is 11.4 Å². The fraction of sp³-hybridized carbons (Fsp3) is 0.312. The second-order valence-corrected chi connectivity index (χ2v) is 5.65. The molecule has 5 heteroatoms. The van der Waals surface area contributed by atoms with Crippen molar-refractivity contribution in [2.24, 2.45) is 5.92 Å². The Morgan fingerprint density at radius 3 is 2.86 bits per heavy atom. The average molecular weight is 304 g/mol. The molecule has 1 fully saturated rings. The molecule has 0 aliphatic heterocycles. The number of nitrogens with one attached hydrogen (secondary N) is 1. The summed E-state index contributed by atoms with van der Waals surface area (Å²) in [7, 11) is 1.59. The van der Waals surface area contributed by atoms with E-state index in [1.807, 2.05) is 24.3 Å². The summed E-state index contributed by atoms with van der Waals surface area (Å²) in [4.78, 5) is 4.20. The minimum absolute atomic E-state index is 0.530. The van der Waals surface area contributed by atoms with Gasteiger partial charge >= 0.3 is 0 Å². The van der Waals surface area contributed by atoms with Crippen molar-refractivity contribution >= 4 is 23.0 Å². The number of aromatic nitrogens is 1. The molecule has 1 aromatic carbocycles. The van der Waals surface area contributed by atoms with E-state index >= 15 is 0 Å². The van der Waals surface area contributed by atoms with Crippen molar-refractivity contribution < 1.29 is 4.74 Å². The monoisotopic (exact) mass is 303 g/mol. The van der Waals surface area contributed by atoms with Crippen LogP contribution in [0.2, 0.25) is 5.02 Å². The Morgan fingerprint density at radius 1 is 1.33 bits per heavy atom. The minimum atomic E-state index is 0.530. The Labute approximate surface area is 129 Å². The lowest BCUT2D eigenvalue weighted by atomic mass is 10.1. The molecule has 3 N–H and O–H groups in total. The quantitative estimate of drug-likeness (QED) is 0.825. The summed E-state index contributed by atoms with van der Waals surface area (Å²) in [6, 6.07) is 7.69. The van der Waals surface area contributed by atoms with Gasteiger partial charge in [0.05, 0.1) is 23.5 Å². The molecule has 0 spiro atoms. The van der Waals surface area contributed by atoms with Crippen molar-refractivity contribution in [1.82, 2.24) is 4.98 Å². The van der Waals surface area contributed by atoms with E-state index in [1.54, 1.807) is 13.3 Å². The van der Waals surface area contributed by atoms with Crippen LogP contribution in [0.25, 0.3) is 11.1 Å². The fourth-order valence-corrected chi connectivity index (χ4v) is 2.56. The van der Waals surface area contributed by atoms with Crippen molar-refractivity contribution in [3.8, 4) is 17.0 Å². The third kappa shape index (κ3) is 2.90. The summed E-state index contributed by atoms with van der Waals surface area (Å²) in [6.45, 7) is 0.954. The van der Waals surface area contributed by atoms with Gasteiger partial charge in [0.25, 0.3) is 0 Å².